The maximum atomic E-state index is 12.6. The van der Waals surface area contributed by atoms with Gasteiger partial charge in [-0.3, -0.25) is 4.79 Å². The predicted octanol–water partition coefficient (Wildman–Crippen LogP) is 4.15. The number of carbonyl (C=O) groups excluding carboxylic acids is 1. The average Bonchev–Trinajstić information content (AvgIpc) is 3.16. The minimum atomic E-state index is -0.282. The molecule has 2 aromatic carbocycles. The van der Waals surface area contributed by atoms with E-state index in [-0.39, 0.29) is 5.91 Å². The Morgan fingerprint density at radius 1 is 1.00 bits per heavy atom. The monoisotopic (exact) mass is 354 g/mol. The van der Waals surface area contributed by atoms with Gasteiger partial charge in [0.1, 0.15) is 13.2 Å². The molecule has 3 aromatic rings. The molecule has 5 nitrogen and oxygen atoms in total. The Balaban J connectivity index is 1.60. The first-order chi connectivity index (χ1) is 12.2. The van der Waals surface area contributed by atoms with Crippen molar-refractivity contribution in [2.45, 2.75) is 0 Å². The van der Waals surface area contributed by atoms with Crippen molar-refractivity contribution in [2.24, 2.45) is 0 Å². The Hall–Kier alpha value is -2.92. The van der Waals surface area contributed by atoms with Gasteiger partial charge in [0.25, 0.3) is 5.91 Å². The summed E-state index contributed by atoms with van der Waals surface area (Å²) in [6.07, 6.45) is 3.82. The van der Waals surface area contributed by atoms with Gasteiger partial charge >= 0.3 is 0 Å². The number of benzene rings is 2. The van der Waals surface area contributed by atoms with Crippen LogP contribution in [0.25, 0.3) is 5.69 Å². The first-order valence-corrected chi connectivity index (χ1v) is 8.22. The highest BCUT2D eigenvalue weighted by atomic mass is 35.5. The number of nitrogens with one attached hydrogen (secondary N) is 1. The number of rotatable bonds is 3. The summed E-state index contributed by atoms with van der Waals surface area (Å²) < 4.78 is 12.9. The van der Waals surface area contributed by atoms with Crippen LogP contribution in [-0.4, -0.2) is 23.7 Å². The van der Waals surface area contributed by atoms with E-state index in [1.807, 2.05) is 35.2 Å². The summed E-state index contributed by atoms with van der Waals surface area (Å²) in [4.78, 5) is 12.6. The van der Waals surface area contributed by atoms with Gasteiger partial charge in [0.2, 0.25) is 0 Å². The zero-order chi connectivity index (χ0) is 17.2. The topological polar surface area (TPSA) is 52.5 Å². The van der Waals surface area contributed by atoms with E-state index in [1.165, 1.54) is 0 Å². The highest BCUT2D eigenvalue weighted by Gasteiger charge is 2.15. The van der Waals surface area contributed by atoms with Crippen LogP contribution in [0.5, 0.6) is 11.5 Å². The quantitative estimate of drug-likeness (QED) is 0.768. The second kappa shape index (κ2) is 6.53. The molecule has 4 rings (SSSR count). The molecule has 0 saturated carbocycles. The summed E-state index contributed by atoms with van der Waals surface area (Å²) in [5.74, 6) is 1.02. The minimum absolute atomic E-state index is 0.282. The summed E-state index contributed by atoms with van der Waals surface area (Å²) in [5.41, 5.74) is 1.89. The largest absolute Gasteiger partial charge is 0.486 e. The van der Waals surface area contributed by atoms with Crippen molar-refractivity contribution in [2.75, 3.05) is 18.5 Å². The van der Waals surface area contributed by atoms with Crippen LogP contribution in [0.4, 0.5) is 5.69 Å². The van der Waals surface area contributed by atoms with Crippen molar-refractivity contribution in [1.82, 2.24) is 4.57 Å². The second-order valence-corrected chi connectivity index (χ2v) is 5.97. The van der Waals surface area contributed by atoms with Crippen LogP contribution in [0.3, 0.4) is 0 Å². The average molecular weight is 355 g/mol. The van der Waals surface area contributed by atoms with Crippen LogP contribution in [-0.2, 0) is 0 Å². The van der Waals surface area contributed by atoms with Gasteiger partial charge < -0.3 is 19.4 Å². The normalized spacial score (nSPS) is 12.7. The number of aromatic nitrogens is 1. The number of hydrogen-bond donors (Lipinski definition) is 1. The fourth-order valence-electron chi connectivity index (χ4n) is 2.67. The van der Waals surface area contributed by atoms with Crippen molar-refractivity contribution in [3.8, 4) is 17.2 Å². The molecule has 1 aromatic heterocycles. The van der Waals surface area contributed by atoms with E-state index >= 15 is 0 Å². The molecular weight excluding hydrogens is 340 g/mol. The van der Waals surface area contributed by atoms with Crippen molar-refractivity contribution in [1.29, 1.82) is 0 Å². The molecule has 1 N–H and O–H groups in total. The molecule has 0 atom stereocenters. The van der Waals surface area contributed by atoms with Gasteiger partial charge in [-0.1, -0.05) is 11.6 Å². The number of anilines is 1. The fraction of sp³-hybridized carbons (Fsp3) is 0.105. The Kier molecular flexibility index (Phi) is 4.07. The molecule has 0 spiro atoms. The van der Waals surface area contributed by atoms with E-state index in [0.717, 1.165) is 5.69 Å². The van der Waals surface area contributed by atoms with Crippen LogP contribution in [0.15, 0.2) is 60.9 Å². The van der Waals surface area contributed by atoms with E-state index in [1.54, 1.807) is 30.3 Å². The Labute approximate surface area is 149 Å². The van der Waals surface area contributed by atoms with Gasteiger partial charge in [-0.05, 0) is 42.5 Å². The highest BCUT2D eigenvalue weighted by molar-refractivity contribution is 6.34. The lowest BCUT2D eigenvalue weighted by Gasteiger charge is -2.19. The Morgan fingerprint density at radius 3 is 2.56 bits per heavy atom. The number of nitrogens with zero attached hydrogens (tertiary/aromatic N) is 1. The maximum Gasteiger partial charge on any atom is 0.257 e. The van der Waals surface area contributed by atoms with Gasteiger partial charge in [0.05, 0.1) is 10.6 Å². The molecule has 126 valence electrons. The molecular formula is C19H15ClN2O3. The number of amides is 1. The maximum absolute atomic E-state index is 12.6. The van der Waals surface area contributed by atoms with E-state index in [0.29, 0.717) is 41.0 Å². The molecule has 6 heteroatoms. The van der Waals surface area contributed by atoms with Gasteiger partial charge in [0, 0.05) is 29.8 Å². The summed E-state index contributed by atoms with van der Waals surface area (Å²) in [5, 5.41) is 3.25. The summed E-state index contributed by atoms with van der Waals surface area (Å²) in [6.45, 7) is 1.02. The van der Waals surface area contributed by atoms with Gasteiger partial charge in [-0.2, -0.15) is 0 Å². The molecule has 2 heterocycles. The highest BCUT2D eigenvalue weighted by Crippen LogP contribution is 2.33. The lowest BCUT2D eigenvalue weighted by molar-refractivity contribution is 0.102. The van der Waals surface area contributed by atoms with E-state index < -0.39 is 0 Å². The van der Waals surface area contributed by atoms with Crippen LogP contribution in [0.2, 0.25) is 5.02 Å². The molecule has 1 aliphatic heterocycles. The van der Waals surface area contributed by atoms with Crippen LogP contribution in [0.1, 0.15) is 10.4 Å². The second-order valence-electron chi connectivity index (χ2n) is 5.57. The number of ether oxygens (including phenoxy) is 2. The van der Waals surface area contributed by atoms with Gasteiger partial charge in [0.15, 0.2) is 11.5 Å². The van der Waals surface area contributed by atoms with Crippen molar-refractivity contribution in [3.05, 3.63) is 71.5 Å². The Bertz CT molecular complexity index is 922. The number of halogens is 1. The lowest BCUT2D eigenvalue weighted by Crippen LogP contribution is -2.16. The van der Waals surface area contributed by atoms with Gasteiger partial charge in [-0.25, -0.2) is 0 Å². The third-order valence-electron chi connectivity index (χ3n) is 3.90. The summed E-state index contributed by atoms with van der Waals surface area (Å²) in [7, 11) is 0. The predicted molar refractivity (Wildman–Crippen MR) is 96.2 cm³/mol. The molecule has 0 unspecified atom stereocenters. The van der Waals surface area contributed by atoms with Crippen molar-refractivity contribution >= 4 is 23.2 Å². The molecule has 25 heavy (non-hydrogen) atoms. The molecule has 0 aliphatic carbocycles. The van der Waals surface area contributed by atoms with E-state index in [4.69, 9.17) is 21.1 Å². The number of carbonyl (C=O) groups is 1. The third kappa shape index (κ3) is 3.19. The zero-order valence-corrected chi connectivity index (χ0v) is 14.0. The number of fused-ring (bicyclic) bond motifs is 1. The standard InChI is InChI=1S/C19H15ClN2O3/c20-16-5-4-14(22-7-1-2-8-22)12-15(16)19(23)21-13-3-6-17-18(11-13)25-10-9-24-17/h1-8,11-12H,9-10H2,(H,21,23). The smallest absolute Gasteiger partial charge is 0.257 e. The SMILES string of the molecule is O=C(Nc1ccc2c(c1)OCCO2)c1cc(-n2cccc2)ccc1Cl. The van der Waals surface area contributed by atoms with Crippen LogP contribution >= 0.6 is 11.6 Å². The number of hydrogen-bond acceptors (Lipinski definition) is 3. The molecule has 0 bridgehead atoms. The summed E-state index contributed by atoms with van der Waals surface area (Å²) >= 11 is 6.22. The third-order valence-corrected chi connectivity index (χ3v) is 4.23. The first-order valence-electron chi connectivity index (χ1n) is 7.84. The summed E-state index contributed by atoms with van der Waals surface area (Å²) in [6, 6.07) is 14.5. The first kappa shape index (κ1) is 15.6. The minimum Gasteiger partial charge on any atom is -0.486 e. The molecule has 1 amide bonds. The lowest BCUT2D eigenvalue weighted by atomic mass is 10.1. The Morgan fingerprint density at radius 2 is 1.76 bits per heavy atom. The van der Waals surface area contributed by atoms with Crippen LogP contribution < -0.4 is 14.8 Å². The molecule has 0 saturated heterocycles. The van der Waals surface area contributed by atoms with Crippen LogP contribution in [0, 0.1) is 0 Å². The van der Waals surface area contributed by atoms with Crippen molar-refractivity contribution < 1.29 is 14.3 Å². The zero-order valence-electron chi connectivity index (χ0n) is 13.2. The van der Waals surface area contributed by atoms with Gasteiger partial charge in [-0.15, -0.1) is 0 Å². The van der Waals surface area contributed by atoms with E-state index in [9.17, 15) is 4.79 Å². The van der Waals surface area contributed by atoms with Crippen molar-refractivity contribution in [3.63, 3.8) is 0 Å². The molecule has 1 aliphatic rings. The fourth-order valence-corrected chi connectivity index (χ4v) is 2.88. The van der Waals surface area contributed by atoms with E-state index in [2.05, 4.69) is 5.32 Å². The molecule has 0 radical (unpaired) electrons. The molecule has 0 fully saturated rings.